The highest BCUT2D eigenvalue weighted by atomic mass is 16.5. The van der Waals surface area contributed by atoms with E-state index in [0.29, 0.717) is 18.2 Å². The fourth-order valence-electron chi connectivity index (χ4n) is 3.32. The molecule has 1 N–H and O–H groups in total. The van der Waals surface area contributed by atoms with Gasteiger partial charge in [-0.3, -0.25) is 9.08 Å². The van der Waals surface area contributed by atoms with Crippen molar-refractivity contribution in [3.63, 3.8) is 0 Å². The van der Waals surface area contributed by atoms with E-state index < -0.39 is 0 Å². The molecule has 31 heavy (non-hydrogen) atoms. The Labute approximate surface area is 177 Å². The molecule has 5 rings (SSSR count). The number of pyridine rings is 2. The second-order valence-electron chi connectivity index (χ2n) is 6.84. The molecule has 0 bridgehead atoms. The first-order valence-corrected chi connectivity index (χ1v) is 9.61. The molecule has 5 aromatic heterocycles. The predicted octanol–water partition coefficient (Wildman–Crippen LogP) is 2.66. The lowest BCUT2D eigenvalue weighted by molar-refractivity contribution is 0.393. The number of fused-ring (bicyclic) bond motifs is 1. The maximum atomic E-state index is 5.34. The first-order valence-electron chi connectivity index (χ1n) is 9.61. The minimum atomic E-state index is 0.492. The van der Waals surface area contributed by atoms with Crippen molar-refractivity contribution in [3.05, 3.63) is 72.6 Å². The standard InChI is InChI=1S/C21H19N9O/c1-29-17(6-10-24-29)26-21-23-9-5-16(25-21)14-7-11-30-18(12-14)27-28-19(30)13-15-4-3-8-22-20(15)31-2/h3-12H,13H2,1-2H3,(H,23,25,26). The van der Waals surface area contributed by atoms with Crippen LogP contribution in [0.5, 0.6) is 5.88 Å². The van der Waals surface area contributed by atoms with Gasteiger partial charge in [-0.2, -0.15) is 5.10 Å². The van der Waals surface area contributed by atoms with Crippen LogP contribution >= 0.6 is 0 Å². The van der Waals surface area contributed by atoms with Crippen molar-refractivity contribution in [2.75, 3.05) is 12.4 Å². The predicted molar refractivity (Wildman–Crippen MR) is 114 cm³/mol. The van der Waals surface area contributed by atoms with E-state index in [1.54, 1.807) is 30.4 Å². The van der Waals surface area contributed by atoms with Crippen LogP contribution in [0.3, 0.4) is 0 Å². The fourth-order valence-corrected chi connectivity index (χ4v) is 3.32. The maximum absolute atomic E-state index is 5.34. The minimum Gasteiger partial charge on any atom is -0.481 e. The lowest BCUT2D eigenvalue weighted by Crippen LogP contribution is -2.03. The van der Waals surface area contributed by atoms with Gasteiger partial charge in [0.05, 0.1) is 19.0 Å². The Morgan fingerprint density at radius 3 is 2.81 bits per heavy atom. The molecule has 154 valence electrons. The van der Waals surface area contributed by atoms with Crippen molar-refractivity contribution in [1.82, 2.24) is 39.3 Å². The largest absolute Gasteiger partial charge is 0.481 e. The summed E-state index contributed by atoms with van der Waals surface area (Å²) in [5.41, 5.74) is 3.38. The van der Waals surface area contributed by atoms with Crippen molar-refractivity contribution in [1.29, 1.82) is 0 Å². The van der Waals surface area contributed by atoms with Crippen LogP contribution < -0.4 is 10.1 Å². The van der Waals surface area contributed by atoms with Crippen LogP contribution in [0.1, 0.15) is 11.4 Å². The highest BCUT2D eigenvalue weighted by molar-refractivity contribution is 5.65. The van der Waals surface area contributed by atoms with Gasteiger partial charge in [-0.25, -0.2) is 15.0 Å². The number of nitrogens with one attached hydrogen (secondary N) is 1. The zero-order valence-corrected chi connectivity index (χ0v) is 17.0. The molecule has 0 aliphatic carbocycles. The zero-order valence-electron chi connectivity index (χ0n) is 17.0. The molecule has 0 saturated carbocycles. The van der Waals surface area contributed by atoms with Crippen LogP contribution in [0.25, 0.3) is 16.9 Å². The van der Waals surface area contributed by atoms with E-state index in [4.69, 9.17) is 4.74 Å². The van der Waals surface area contributed by atoms with Crippen LogP contribution in [0.4, 0.5) is 11.8 Å². The van der Waals surface area contributed by atoms with Crippen LogP contribution in [-0.2, 0) is 13.5 Å². The molecule has 0 aliphatic heterocycles. The van der Waals surface area contributed by atoms with E-state index >= 15 is 0 Å². The summed E-state index contributed by atoms with van der Waals surface area (Å²) in [5, 5.41) is 16.0. The monoisotopic (exact) mass is 413 g/mol. The lowest BCUT2D eigenvalue weighted by atomic mass is 10.1. The number of ether oxygens (including phenoxy) is 1. The summed E-state index contributed by atoms with van der Waals surface area (Å²) in [4.78, 5) is 13.2. The van der Waals surface area contributed by atoms with E-state index in [-0.39, 0.29) is 0 Å². The smallest absolute Gasteiger partial charge is 0.228 e. The SMILES string of the molecule is COc1ncccc1Cc1nnc2cc(-c3ccnc(Nc4ccnn4C)n3)ccn12. The van der Waals surface area contributed by atoms with Gasteiger partial charge in [0.1, 0.15) is 11.6 Å². The van der Waals surface area contributed by atoms with E-state index in [9.17, 15) is 0 Å². The number of nitrogens with zero attached hydrogens (tertiary/aromatic N) is 8. The third-order valence-electron chi connectivity index (χ3n) is 4.88. The van der Waals surface area contributed by atoms with Crippen molar-refractivity contribution in [2.24, 2.45) is 7.05 Å². The zero-order chi connectivity index (χ0) is 21.2. The fraction of sp³-hybridized carbons (Fsp3) is 0.143. The summed E-state index contributed by atoms with van der Waals surface area (Å²) in [6.07, 6.45) is 7.64. The Balaban J connectivity index is 1.43. The topological polar surface area (TPSA) is 108 Å². The highest BCUT2D eigenvalue weighted by Crippen LogP contribution is 2.22. The van der Waals surface area contributed by atoms with E-state index in [1.807, 2.05) is 54.0 Å². The van der Waals surface area contributed by atoms with Gasteiger partial charge in [0.15, 0.2) is 5.65 Å². The summed E-state index contributed by atoms with van der Waals surface area (Å²) in [7, 11) is 3.46. The maximum Gasteiger partial charge on any atom is 0.228 e. The van der Waals surface area contributed by atoms with Gasteiger partial charge >= 0.3 is 0 Å². The number of methoxy groups -OCH3 is 1. The Bertz CT molecular complexity index is 1360. The molecule has 0 spiro atoms. The Kier molecular flexibility index (Phi) is 4.71. The van der Waals surface area contributed by atoms with Crippen molar-refractivity contribution >= 4 is 17.4 Å². The molecule has 10 heteroatoms. The highest BCUT2D eigenvalue weighted by Gasteiger charge is 2.12. The van der Waals surface area contributed by atoms with Crippen LogP contribution in [-0.4, -0.2) is 46.4 Å². The molecule has 0 fully saturated rings. The molecular formula is C21H19N9O. The van der Waals surface area contributed by atoms with Gasteiger partial charge in [0.25, 0.3) is 0 Å². The van der Waals surface area contributed by atoms with Crippen LogP contribution in [0, 0.1) is 0 Å². The number of anilines is 2. The van der Waals surface area contributed by atoms with Crippen LogP contribution in [0.15, 0.2) is 61.2 Å². The minimum absolute atomic E-state index is 0.492. The van der Waals surface area contributed by atoms with Gasteiger partial charge in [-0.15, -0.1) is 10.2 Å². The summed E-state index contributed by atoms with van der Waals surface area (Å²) >= 11 is 0. The van der Waals surface area contributed by atoms with Gasteiger partial charge in [0.2, 0.25) is 11.8 Å². The molecular weight excluding hydrogens is 394 g/mol. The Hall–Kier alpha value is -4.34. The number of rotatable bonds is 6. The third-order valence-corrected chi connectivity index (χ3v) is 4.88. The first kappa shape index (κ1) is 18.7. The quantitative estimate of drug-likeness (QED) is 0.453. The summed E-state index contributed by atoms with van der Waals surface area (Å²) < 4.78 is 9.01. The second kappa shape index (κ2) is 7.82. The van der Waals surface area contributed by atoms with Gasteiger partial charge in [0, 0.05) is 49.3 Å². The Morgan fingerprint density at radius 2 is 1.97 bits per heavy atom. The molecule has 0 aromatic carbocycles. The van der Waals surface area contributed by atoms with Crippen LogP contribution in [0.2, 0.25) is 0 Å². The number of hydrogen-bond donors (Lipinski definition) is 1. The van der Waals surface area contributed by atoms with Crippen molar-refractivity contribution in [2.45, 2.75) is 6.42 Å². The molecule has 5 aromatic rings. The molecule has 5 heterocycles. The van der Waals surface area contributed by atoms with Crippen molar-refractivity contribution in [3.8, 4) is 17.1 Å². The molecule has 0 aliphatic rings. The Morgan fingerprint density at radius 1 is 1.03 bits per heavy atom. The average molecular weight is 413 g/mol. The third kappa shape index (κ3) is 3.66. The molecule has 0 saturated heterocycles. The van der Waals surface area contributed by atoms with E-state index in [0.717, 1.165) is 34.1 Å². The number of aryl methyl sites for hydroxylation is 1. The summed E-state index contributed by atoms with van der Waals surface area (Å²) in [6.45, 7) is 0. The molecule has 0 radical (unpaired) electrons. The van der Waals surface area contributed by atoms with Gasteiger partial charge < -0.3 is 10.1 Å². The summed E-state index contributed by atoms with van der Waals surface area (Å²) in [5.74, 6) is 2.69. The van der Waals surface area contributed by atoms with E-state index in [2.05, 4.69) is 35.6 Å². The molecule has 0 amide bonds. The molecule has 0 unspecified atom stereocenters. The van der Waals surface area contributed by atoms with Gasteiger partial charge in [-0.1, -0.05) is 6.07 Å². The van der Waals surface area contributed by atoms with Crippen molar-refractivity contribution < 1.29 is 4.74 Å². The molecule has 0 atom stereocenters. The number of aromatic nitrogens is 8. The van der Waals surface area contributed by atoms with E-state index in [1.165, 1.54) is 0 Å². The molecule has 10 nitrogen and oxygen atoms in total. The number of hydrogen-bond acceptors (Lipinski definition) is 8. The average Bonchev–Trinajstić information content (AvgIpc) is 3.40. The lowest BCUT2D eigenvalue weighted by Gasteiger charge is -2.08. The summed E-state index contributed by atoms with van der Waals surface area (Å²) in [6, 6.07) is 11.5. The van der Waals surface area contributed by atoms with Gasteiger partial charge in [-0.05, 0) is 24.3 Å². The normalized spacial score (nSPS) is 11.0. The first-order chi connectivity index (χ1) is 15.2. The second-order valence-corrected chi connectivity index (χ2v) is 6.84.